The largest absolute Gasteiger partial charge is 0.403 e. The highest BCUT2D eigenvalue weighted by molar-refractivity contribution is 5.41. The molecule has 0 saturated heterocycles. The van der Waals surface area contributed by atoms with Crippen molar-refractivity contribution in [3.05, 3.63) is 35.1 Å². The van der Waals surface area contributed by atoms with Crippen LogP contribution in [0.1, 0.15) is 13.3 Å². The van der Waals surface area contributed by atoms with Crippen LogP contribution >= 0.6 is 0 Å². The number of nitrogens with zero attached hydrogens (tertiary/aromatic N) is 2. The highest BCUT2D eigenvalue weighted by Gasteiger charge is 1.96. The molecule has 0 atom stereocenters. The van der Waals surface area contributed by atoms with Crippen LogP contribution in [-0.4, -0.2) is 9.38 Å². The van der Waals surface area contributed by atoms with Crippen LogP contribution in [0.4, 0.5) is 0 Å². The number of fused-ring (bicyclic) bond motifs is 1. The number of pyridine rings is 1. The van der Waals surface area contributed by atoms with E-state index >= 15 is 0 Å². The van der Waals surface area contributed by atoms with E-state index in [1.165, 1.54) is 0 Å². The third-order valence-corrected chi connectivity index (χ3v) is 2.15. The summed E-state index contributed by atoms with van der Waals surface area (Å²) < 4.78 is 2.04. The number of imidazole rings is 1. The number of hydrogen-bond acceptors (Lipinski definition) is 2. The summed E-state index contributed by atoms with van der Waals surface area (Å²) in [6, 6.07) is 5.93. The van der Waals surface area contributed by atoms with Gasteiger partial charge in [-0.25, -0.2) is 4.98 Å². The number of aromatic nitrogens is 2. The van der Waals surface area contributed by atoms with Gasteiger partial charge in [-0.05, 0) is 18.6 Å². The molecule has 3 nitrogen and oxygen atoms in total. The maximum absolute atomic E-state index is 5.52. The SMILES string of the molecule is CC/C=c1\c(=C/N)nc2ccccn12. The van der Waals surface area contributed by atoms with Gasteiger partial charge in [0.05, 0.1) is 5.35 Å². The molecule has 0 saturated carbocycles. The zero-order valence-electron chi connectivity index (χ0n) is 8.14. The van der Waals surface area contributed by atoms with Gasteiger partial charge in [-0.1, -0.05) is 19.1 Å². The summed E-state index contributed by atoms with van der Waals surface area (Å²) in [4.78, 5) is 4.40. The van der Waals surface area contributed by atoms with Crippen molar-refractivity contribution in [1.29, 1.82) is 0 Å². The molecule has 2 aromatic rings. The lowest BCUT2D eigenvalue weighted by Crippen LogP contribution is -2.28. The zero-order chi connectivity index (χ0) is 9.97. The summed E-state index contributed by atoms with van der Waals surface area (Å²) in [5.41, 5.74) is 6.46. The Morgan fingerprint density at radius 1 is 1.50 bits per heavy atom. The van der Waals surface area contributed by atoms with E-state index in [-0.39, 0.29) is 0 Å². The Hall–Kier alpha value is -1.77. The maximum Gasteiger partial charge on any atom is 0.137 e. The Morgan fingerprint density at radius 2 is 2.36 bits per heavy atom. The minimum Gasteiger partial charge on any atom is -0.403 e. The van der Waals surface area contributed by atoms with Crippen LogP contribution in [0.5, 0.6) is 0 Å². The van der Waals surface area contributed by atoms with Crippen LogP contribution in [0.3, 0.4) is 0 Å². The average molecular weight is 187 g/mol. The van der Waals surface area contributed by atoms with Gasteiger partial charge < -0.3 is 5.73 Å². The summed E-state index contributed by atoms with van der Waals surface area (Å²) in [5.74, 6) is 0. The van der Waals surface area contributed by atoms with Gasteiger partial charge >= 0.3 is 0 Å². The lowest BCUT2D eigenvalue weighted by Gasteiger charge is -1.90. The van der Waals surface area contributed by atoms with E-state index < -0.39 is 0 Å². The Bertz CT molecular complexity index is 551. The van der Waals surface area contributed by atoms with Crippen molar-refractivity contribution in [2.24, 2.45) is 5.73 Å². The number of rotatable bonds is 1. The van der Waals surface area contributed by atoms with Gasteiger partial charge in [-0.15, -0.1) is 0 Å². The molecule has 0 bridgehead atoms. The minimum atomic E-state index is 0.845. The van der Waals surface area contributed by atoms with Gasteiger partial charge in [-0.3, -0.25) is 4.40 Å². The molecule has 0 fully saturated rings. The fourth-order valence-corrected chi connectivity index (χ4v) is 1.55. The minimum absolute atomic E-state index is 0.845. The molecule has 14 heavy (non-hydrogen) atoms. The van der Waals surface area contributed by atoms with Gasteiger partial charge in [0.15, 0.2) is 0 Å². The molecule has 0 spiro atoms. The molecule has 0 aliphatic carbocycles. The predicted octanol–water partition coefficient (Wildman–Crippen LogP) is 0.221. The molecule has 0 aromatic carbocycles. The molecule has 0 radical (unpaired) electrons. The Kier molecular flexibility index (Phi) is 2.23. The molecule has 0 aliphatic heterocycles. The second-order valence-corrected chi connectivity index (χ2v) is 3.09. The molecular weight excluding hydrogens is 174 g/mol. The molecule has 0 aliphatic rings. The van der Waals surface area contributed by atoms with Crippen molar-refractivity contribution >= 4 is 17.9 Å². The first-order valence-corrected chi connectivity index (χ1v) is 4.72. The summed E-state index contributed by atoms with van der Waals surface area (Å²) in [5, 5.41) is 1.92. The third-order valence-electron chi connectivity index (χ3n) is 2.15. The van der Waals surface area contributed by atoms with Gasteiger partial charge in [0.25, 0.3) is 0 Å². The Balaban J connectivity index is 2.96. The molecule has 2 aromatic heterocycles. The fraction of sp³-hybridized carbons (Fsp3) is 0.182. The first-order valence-electron chi connectivity index (χ1n) is 4.72. The van der Waals surface area contributed by atoms with Crippen molar-refractivity contribution in [1.82, 2.24) is 9.38 Å². The monoisotopic (exact) mass is 187 g/mol. The van der Waals surface area contributed by atoms with E-state index in [0.717, 1.165) is 22.8 Å². The predicted molar refractivity (Wildman–Crippen MR) is 57.9 cm³/mol. The molecule has 0 unspecified atom stereocenters. The molecule has 2 N–H and O–H groups in total. The highest BCUT2D eigenvalue weighted by atomic mass is 15.0. The van der Waals surface area contributed by atoms with E-state index in [1.54, 1.807) is 6.20 Å². The van der Waals surface area contributed by atoms with Crippen molar-refractivity contribution in [3.63, 3.8) is 0 Å². The summed E-state index contributed by atoms with van der Waals surface area (Å²) >= 11 is 0. The van der Waals surface area contributed by atoms with E-state index in [9.17, 15) is 0 Å². The van der Waals surface area contributed by atoms with Gasteiger partial charge in [0, 0.05) is 12.4 Å². The Morgan fingerprint density at radius 3 is 3.07 bits per heavy atom. The fourth-order valence-electron chi connectivity index (χ4n) is 1.55. The number of hydrogen-bond donors (Lipinski definition) is 1. The maximum atomic E-state index is 5.52. The van der Waals surface area contributed by atoms with E-state index in [4.69, 9.17) is 5.73 Å². The van der Waals surface area contributed by atoms with Gasteiger partial charge in [0.1, 0.15) is 11.0 Å². The molecule has 2 heterocycles. The number of nitrogens with two attached hydrogens (primary N) is 1. The summed E-state index contributed by atoms with van der Waals surface area (Å²) in [6.07, 6.45) is 6.65. The second-order valence-electron chi connectivity index (χ2n) is 3.09. The average Bonchev–Trinajstić information content (AvgIpc) is 2.58. The van der Waals surface area contributed by atoms with Crippen LogP contribution < -0.4 is 16.4 Å². The van der Waals surface area contributed by atoms with Crippen molar-refractivity contribution < 1.29 is 0 Å². The second kappa shape index (κ2) is 3.54. The van der Waals surface area contributed by atoms with Crippen LogP contribution in [0, 0.1) is 0 Å². The van der Waals surface area contributed by atoms with E-state index in [1.807, 2.05) is 28.8 Å². The first kappa shape index (κ1) is 8.81. The van der Waals surface area contributed by atoms with Crippen LogP contribution in [-0.2, 0) is 0 Å². The normalized spacial score (nSPS) is 14.1. The molecule has 72 valence electrons. The topological polar surface area (TPSA) is 43.3 Å². The van der Waals surface area contributed by atoms with E-state index in [2.05, 4.69) is 18.0 Å². The van der Waals surface area contributed by atoms with Crippen LogP contribution in [0.2, 0.25) is 0 Å². The highest BCUT2D eigenvalue weighted by Crippen LogP contribution is 1.92. The van der Waals surface area contributed by atoms with Crippen molar-refractivity contribution in [3.8, 4) is 0 Å². The zero-order valence-corrected chi connectivity index (χ0v) is 8.14. The van der Waals surface area contributed by atoms with Gasteiger partial charge in [0.2, 0.25) is 0 Å². The van der Waals surface area contributed by atoms with Crippen LogP contribution in [0.15, 0.2) is 24.4 Å². The lowest BCUT2D eigenvalue weighted by molar-refractivity contribution is 1.11. The van der Waals surface area contributed by atoms with Gasteiger partial charge in [-0.2, -0.15) is 0 Å². The standard InChI is InChI=1S/C11H13N3/c1-2-5-10-9(8-12)13-11-6-3-4-7-14(10)11/h3-8H,2,12H2,1H3/b9-8+,10-5+. The quantitative estimate of drug-likeness (QED) is 0.694. The molecule has 0 amide bonds. The van der Waals surface area contributed by atoms with Crippen molar-refractivity contribution in [2.45, 2.75) is 13.3 Å². The third kappa shape index (κ3) is 1.27. The lowest BCUT2D eigenvalue weighted by atomic mass is 10.4. The Labute approximate surface area is 82.2 Å². The molecule has 3 heteroatoms. The summed E-state index contributed by atoms with van der Waals surface area (Å²) in [7, 11) is 0. The summed E-state index contributed by atoms with van der Waals surface area (Å²) in [6.45, 7) is 2.10. The smallest absolute Gasteiger partial charge is 0.137 e. The molecular formula is C11H13N3. The molecule has 2 rings (SSSR count). The van der Waals surface area contributed by atoms with E-state index in [0.29, 0.717) is 0 Å². The van der Waals surface area contributed by atoms with Crippen LogP contribution in [0.25, 0.3) is 17.9 Å². The van der Waals surface area contributed by atoms with Crippen molar-refractivity contribution in [2.75, 3.05) is 0 Å². The first-order chi connectivity index (χ1) is 6.86.